The summed E-state index contributed by atoms with van der Waals surface area (Å²) in [4.78, 5) is 0. The summed E-state index contributed by atoms with van der Waals surface area (Å²) in [5, 5.41) is 15.1. The Morgan fingerprint density at radius 3 is 1.83 bits per heavy atom. The van der Waals surface area contributed by atoms with Crippen molar-refractivity contribution in [2.75, 3.05) is 20.8 Å². The van der Waals surface area contributed by atoms with Crippen molar-refractivity contribution in [1.29, 1.82) is 0 Å². The smallest absolute Gasteiger partial charge is 0.118 e. The van der Waals surface area contributed by atoms with Gasteiger partial charge in [0.2, 0.25) is 0 Å². The van der Waals surface area contributed by atoms with Crippen molar-refractivity contribution in [3.63, 3.8) is 0 Å². The molecule has 0 aliphatic carbocycles. The van der Waals surface area contributed by atoms with Crippen molar-refractivity contribution in [3.8, 4) is 11.5 Å². The van der Waals surface area contributed by atoms with Gasteiger partial charge < -0.3 is 19.9 Å². The van der Waals surface area contributed by atoms with Crippen LogP contribution in [0.5, 0.6) is 11.5 Å². The summed E-state index contributed by atoms with van der Waals surface area (Å²) in [6.45, 7) is 1.02. The van der Waals surface area contributed by atoms with Crippen LogP contribution < -0.4 is 14.8 Å². The summed E-state index contributed by atoms with van der Waals surface area (Å²) in [6.07, 6.45) is 2.90. The summed E-state index contributed by atoms with van der Waals surface area (Å²) >= 11 is 0. The van der Waals surface area contributed by atoms with E-state index >= 15 is 0 Å². The summed E-state index contributed by atoms with van der Waals surface area (Å²) in [7, 11) is 3.29. The summed E-state index contributed by atoms with van der Waals surface area (Å²) in [5.74, 6) is 1.57. The van der Waals surface area contributed by atoms with Crippen LogP contribution in [0.4, 0.5) is 0 Å². The Labute approximate surface area is 143 Å². The van der Waals surface area contributed by atoms with Crippen molar-refractivity contribution in [3.05, 3.63) is 59.7 Å². The second-order valence-corrected chi connectivity index (χ2v) is 6.31. The van der Waals surface area contributed by atoms with E-state index in [0.717, 1.165) is 42.0 Å². The number of benzene rings is 2. The van der Waals surface area contributed by atoms with E-state index < -0.39 is 5.60 Å². The first kappa shape index (κ1) is 16.8. The Morgan fingerprint density at radius 2 is 1.46 bits per heavy atom. The lowest BCUT2D eigenvalue weighted by Crippen LogP contribution is -2.36. The molecule has 1 aliphatic rings. The lowest BCUT2D eigenvalue weighted by molar-refractivity contribution is 0.0610. The number of nitrogens with one attached hydrogen (secondary N) is 1. The van der Waals surface area contributed by atoms with E-state index in [0.29, 0.717) is 12.5 Å². The standard InChI is InChI=1S/C20H25NO3/c1-23-18-9-5-15(6-10-18)20(22,14-17-4-3-13-21-17)16-7-11-19(24-2)12-8-16/h5-12,17,21-22H,3-4,13-14H2,1-2H3/t17-/m1/s1. The Balaban J connectivity index is 1.97. The van der Waals surface area contributed by atoms with E-state index in [1.807, 2.05) is 48.5 Å². The first-order chi connectivity index (χ1) is 11.7. The number of ether oxygens (including phenoxy) is 2. The molecule has 0 saturated carbocycles. The highest BCUT2D eigenvalue weighted by Gasteiger charge is 2.35. The predicted molar refractivity (Wildman–Crippen MR) is 94.6 cm³/mol. The topological polar surface area (TPSA) is 50.7 Å². The van der Waals surface area contributed by atoms with Gasteiger partial charge in [0.25, 0.3) is 0 Å². The molecule has 4 nitrogen and oxygen atoms in total. The molecule has 24 heavy (non-hydrogen) atoms. The molecular weight excluding hydrogens is 302 g/mol. The third kappa shape index (κ3) is 3.40. The molecule has 0 aromatic heterocycles. The van der Waals surface area contributed by atoms with Crippen LogP contribution in [0.25, 0.3) is 0 Å². The maximum atomic E-state index is 11.6. The van der Waals surface area contributed by atoms with Crippen molar-refractivity contribution in [2.45, 2.75) is 30.9 Å². The zero-order chi connectivity index (χ0) is 17.0. The third-order valence-corrected chi connectivity index (χ3v) is 4.84. The highest BCUT2D eigenvalue weighted by Crippen LogP contribution is 2.37. The van der Waals surface area contributed by atoms with Gasteiger partial charge in [-0.2, -0.15) is 0 Å². The molecule has 1 atom stereocenters. The minimum Gasteiger partial charge on any atom is -0.497 e. The normalized spacial score (nSPS) is 17.7. The maximum absolute atomic E-state index is 11.6. The van der Waals surface area contributed by atoms with Gasteiger partial charge in [-0.05, 0) is 61.2 Å². The quantitative estimate of drug-likeness (QED) is 0.856. The molecule has 0 bridgehead atoms. The molecule has 2 aromatic carbocycles. The minimum absolute atomic E-state index is 0.319. The highest BCUT2D eigenvalue weighted by atomic mass is 16.5. The fourth-order valence-electron chi connectivity index (χ4n) is 3.42. The van der Waals surface area contributed by atoms with E-state index in [1.165, 1.54) is 0 Å². The molecule has 1 heterocycles. The van der Waals surface area contributed by atoms with Gasteiger partial charge in [-0.3, -0.25) is 0 Å². The van der Waals surface area contributed by atoms with Gasteiger partial charge in [0.15, 0.2) is 0 Å². The summed E-state index contributed by atoms with van der Waals surface area (Å²) in [5.41, 5.74) is 0.713. The molecule has 1 aliphatic heterocycles. The first-order valence-electron chi connectivity index (χ1n) is 8.40. The molecule has 1 fully saturated rings. The number of aliphatic hydroxyl groups is 1. The van der Waals surface area contributed by atoms with Crippen molar-refractivity contribution >= 4 is 0 Å². The Hall–Kier alpha value is -2.04. The van der Waals surface area contributed by atoms with Gasteiger partial charge in [-0.15, -0.1) is 0 Å². The van der Waals surface area contributed by atoms with E-state index in [1.54, 1.807) is 14.2 Å². The van der Waals surface area contributed by atoms with Crippen LogP contribution >= 0.6 is 0 Å². The monoisotopic (exact) mass is 327 g/mol. The van der Waals surface area contributed by atoms with E-state index in [2.05, 4.69) is 5.32 Å². The number of rotatable bonds is 6. The number of hydrogen-bond donors (Lipinski definition) is 2. The third-order valence-electron chi connectivity index (χ3n) is 4.84. The molecule has 2 aromatic rings. The van der Waals surface area contributed by atoms with E-state index in [4.69, 9.17) is 9.47 Å². The molecule has 128 valence electrons. The zero-order valence-corrected chi connectivity index (χ0v) is 14.3. The summed E-state index contributed by atoms with van der Waals surface area (Å²) < 4.78 is 10.5. The van der Waals surface area contributed by atoms with Gasteiger partial charge in [0.05, 0.1) is 14.2 Å². The largest absolute Gasteiger partial charge is 0.497 e. The van der Waals surface area contributed by atoms with Gasteiger partial charge in [0.1, 0.15) is 17.1 Å². The highest BCUT2D eigenvalue weighted by molar-refractivity contribution is 5.41. The van der Waals surface area contributed by atoms with E-state index in [-0.39, 0.29) is 0 Å². The zero-order valence-electron chi connectivity index (χ0n) is 14.3. The van der Waals surface area contributed by atoms with Crippen molar-refractivity contribution in [2.24, 2.45) is 0 Å². The first-order valence-corrected chi connectivity index (χ1v) is 8.40. The maximum Gasteiger partial charge on any atom is 0.118 e. The van der Waals surface area contributed by atoms with Gasteiger partial charge >= 0.3 is 0 Å². The lowest BCUT2D eigenvalue weighted by Gasteiger charge is -2.32. The average molecular weight is 327 g/mol. The van der Waals surface area contributed by atoms with Crippen LogP contribution in [0.3, 0.4) is 0 Å². The Kier molecular flexibility index (Phi) is 5.07. The molecule has 4 heteroatoms. The number of methoxy groups -OCH3 is 2. The molecule has 0 amide bonds. The van der Waals surface area contributed by atoms with Gasteiger partial charge in [-0.25, -0.2) is 0 Å². The van der Waals surface area contributed by atoms with E-state index in [9.17, 15) is 5.11 Å². The Morgan fingerprint density at radius 1 is 0.958 bits per heavy atom. The second kappa shape index (κ2) is 7.24. The SMILES string of the molecule is COc1ccc(C(O)(C[C@H]2CCCN2)c2ccc(OC)cc2)cc1. The average Bonchev–Trinajstić information content (AvgIpc) is 3.14. The van der Waals surface area contributed by atoms with Gasteiger partial charge in [-0.1, -0.05) is 24.3 Å². The summed E-state index contributed by atoms with van der Waals surface area (Å²) in [6, 6.07) is 15.7. The molecule has 0 spiro atoms. The minimum atomic E-state index is -1.04. The molecular formula is C20H25NO3. The fourth-order valence-corrected chi connectivity index (χ4v) is 3.42. The van der Waals surface area contributed by atoms with Crippen LogP contribution in [0.1, 0.15) is 30.4 Å². The van der Waals surface area contributed by atoms with Crippen LogP contribution in [0, 0.1) is 0 Å². The van der Waals surface area contributed by atoms with Crippen LogP contribution in [0.15, 0.2) is 48.5 Å². The van der Waals surface area contributed by atoms with Crippen LogP contribution in [-0.2, 0) is 5.60 Å². The molecule has 0 radical (unpaired) electrons. The Bertz CT molecular complexity index is 598. The molecule has 2 N–H and O–H groups in total. The molecule has 1 saturated heterocycles. The molecule has 0 unspecified atom stereocenters. The van der Waals surface area contributed by atoms with Crippen molar-refractivity contribution < 1.29 is 14.6 Å². The fraction of sp³-hybridized carbons (Fsp3) is 0.400. The lowest BCUT2D eigenvalue weighted by atomic mass is 9.81. The second-order valence-electron chi connectivity index (χ2n) is 6.31. The van der Waals surface area contributed by atoms with Crippen LogP contribution in [-0.4, -0.2) is 31.9 Å². The van der Waals surface area contributed by atoms with Crippen molar-refractivity contribution in [1.82, 2.24) is 5.32 Å². The predicted octanol–water partition coefficient (Wildman–Crippen LogP) is 3.08. The van der Waals surface area contributed by atoms with Gasteiger partial charge in [0, 0.05) is 6.04 Å². The molecule has 3 rings (SSSR count). The van der Waals surface area contributed by atoms with Crippen LogP contribution in [0.2, 0.25) is 0 Å². The number of hydrogen-bond acceptors (Lipinski definition) is 4.